The van der Waals surface area contributed by atoms with Gasteiger partial charge in [-0.25, -0.2) is 0 Å². The van der Waals surface area contributed by atoms with E-state index in [0.717, 1.165) is 18.8 Å². The van der Waals surface area contributed by atoms with Crippen LogP contribution in [0.15, 0.2) is 24.3 Å². The number of likely N-dealkylation sites (N-methyl/N-ethyl adjacent to an activating group) is 1. The molecule has 1 heterocycles. The smallest absolute Gasteiger partial charge is 0.238 e. The fraction of sp³-hybridized carbons (Fsp3) is 0.588. The third kappa shape index (κ3) is 4.83. The van der Waals surface area contributed by atoms with E-state index in [0.29, 0.717) is 18.5 Å². The molecule has 116 valence electrons. The van der Waals surface area contributed by atoms with Crippen LogP contribution in [0.5, 0.6) is 0 Å². The zero-order chi connectivity index (χ0) is 15.2. The lowest BCUT2D eigenvalue weighted by Crippen LogP contribution is -2.39. The van der Waals surface area contributed by atoms with E-state index in [9.17, 15) is 4.79 Å². The van der Waals surface area contributed by atoms with Crippen molar-refractivity contribution in [2.24, 2.45) is 0 Å². The molecule has 1 aliphatic rings. The van der Waals surface area contributed by atoms with Gasteiger partial charge in [0.1, 0.15) is 0 Å². The molecule has 4 nitrogen and oxygen atoms in total. The van der Waals surface area contributed by atoms with Crippen molar-refractivity contribution >= 4 is 11.6 Å². The third-order valence-electron chi connectivity index (χ3n) is 3.96. The predicted octanol–water partition coefficient (Wildman–Crippen LogP) is 2.43. The molecule has 1 fully saturated rings. The molecule has 0 saturated carbocycles. The fourth-order valence-corrected chi connectivity index (χ4v) is 2.90. The Labute approximate surface area is 127 Å². The normalized spacial score (nSPS) is 18.4. The standard InChI is InChI=1S/C17H27N3O/c1-13(2)15-8-4-5-9-16(15)19-17(21)12-20(3)11-14-7-6-10-18-14/h4-5,8-9,13-14,18H,6-7,10-12H2,1-3H3,(H,19,21). The lowest BCUT2D eigenvalue weighted by Gasteiger charge is -2.21. The number of nitrogens with zero attached hydrogens (tertiary/aromatic N) is 1. The van der Waals surface area contributed by atoms with E-state index < -0.39 is 0 Å². The van der Waals surface area contributed by atoms with Crippen molar-refractivity contribution in [1.29, 1.82) is 0 Å². The summed E-state index contributed by atoms with van der Waals surface area (Å²) in [5.41, 5.74) is 2.12. The van der Waals surface area contributed by atoms with E-state index in [1.807, 2.05) is 25.2 Å². The van der Waals surface area contributed by atoms with Gasteiger partial charge in [-0.2, -0.15) is 0 Å². The van der Waals surface area contributed by atoms with Gasteiger partial charge in [-0.15, -0.1) is 0 Å². The molecule has 1 aromatic carbocycles. The quantitative estimate of drug-likeness (QED) is 0.845. The molecule has 0 aromatic heterocycles. The highest BCUT2D eigenvalue weighted by Crippen LogP contribution is 2.23. The van der Waals surface area contributed by atoms with E-state index >= 15 is 0 Å². The number of carbonyl (C=O) groups excluding carboxylic acids is 1. The van der Waals surface area contributed by atoms with Gasteiger partial charge in [0.2, 0.25) is 5.91 Å². The molecule has 1 unspecified atom stereocenters. The summed E-state index contributed by atoms with van der Waals surface area (Å²) in [5, 5.41) is 6.51. The summed E-state index contributed by atoms with van der Waals surface area (Å²) in [6.45, 7) is 6.75. The van der Waals surface area contributed by atoms with Crippen molar-refractivity contribution in [2.75, 3.05) is 32.0 Å². The summed E-state index contributed by atoms with van der Waals surface area (Å²) < 4.78 is 0. The molecule has 1 aliphatic heterocycles. The van der Waals surface area contributed by atoms with E-state index in [1.165, 1.54) is 18.4 Å². The van der Waals surface area contributed by atoms with Gasteiger partial charge >= 0.3 is 0 Å². The van der Waals surface area contributed by atoms with Gasteiger partial charge < -0.3 is 10.6 Å². The molecule has 1 amide bonds. The summed E-state index contributed by atoms with van der Waals surface area (Å²) in [5.74, 6) is 0.463. The maximum absolute atomic E-state index is 12.2. The second-order valence-corrected chi connectivity index (χ2v) is 6.28. The monoisotopic (exact) mass is 289 g/mol. The van der Waals surface area contributed by atoms with Crippen molar-refractivity contribution in [3.05, 3.63) is 29.8 Å². The lowest BCUT2D eigenvalue weighted by atomic mass is 10.0. The van der Waals surface area contributed by atoms with Crippen molar-refractivity contribution in [2.45, 2.75) is 38.6 Å². The van der Waals surface area contributed by atoms with Crippen molar-refractivity contribution < 1.29 is 4.79 Å². The van der Waals surface area contributed by atoms with Crippen LogP contribution < -0.4 is 10.6 Å². The number of hydrogen-bond donors (Lipinski definition) is 2. The average molecular weight is 289 g/mol. The fourth-order valence-electron chi connectivity index (χ4n) is 2.90. The van der Waals surface area contributed by atoms with Crippen LogP contribution in [-0.2, 0) is 4.79 Å². The molecule has 0 spiro atoms. The van der Waals surface area contributed by atoms with Crippen molar-refractivity contribution in [3.8, 4) is 0 Å². The van der Waals surface area contributed by atoms with Gasteiger partial charge in [-0.05, 0) is 44.0 Å². The first-order chi connectivity index (χ1) is 10.1. The van der Waals surface area contributed by atoms with Crippen molar-refractivity contribution in [3.63, 3.8) is 0 Å². The summed E-state index contributed by atoms with van der Waals surface area (Å²) in [4.78, 5) is 14.3. The highest BCUT2D eigenvalue weighted by atomic mass is 16.2. The molecule has 2 rings (SSSR count). The van der Waals surface area contributed by atoms with Gasteiger partial charge in [0, 0.05) is 18.3 Å². The summed E-state index contributed by atoms with van der Waals surface area (Å²) in [7, 11) is 2.01. The molecule has 4 heteroatoms. The first-order valence-corrected chi connectivity index (χ1v) is 7.87. The van der Waals surface area contributed by atoms with Gasteiger partial charge in [-0.3, -0.25) is 9.69 Å². The van der Waals surface area contributed by atoms with E-state index in [2.05, 4.69) is 35.4 Å². The Morgan fingerprint density at radius 3 is 2.86 bits per heavy atom. The lowest BCUT2D eigenvalue weighted by molar-refractivity contribution is -0.117. The minimum Gasteiger partial charge on any atom is -0.325 e. The molecule has 0 bridgehead atoms. The number of hydrogen-bond acceptors (Lipinski definition) is 3. The minimum atomic E-state index is 0.0589. The first kappa shape index (κ1) is 16.0. The largest absolute Gasteiger partial charge is 0.325 e. The Balaban J connectivity index is 1.86. The zero-order valence-corrected chi connectivity index (χ0v) is 13.4. The molecule has 21 heavy (non-hydrogen) atoms. The number of nitrogens with one attached hydrogen (secondary N) is 2. The van der Waals surface area contributed by atoms with Crippen LogP contribution >= 0.6 is 0 Å². The minimum absolute atomic E-state index is 0.0589. The topological polar surface area (TPSA) is 44.4 Å². The highest BCUT2D eigenvalue weighted by molar-refractivity contribution is 5.93. The van der Waals surface area contributed by atoms with Gasteiger partial charge in [-0.1, -0.05) is 32.0 Å². The number of rotatable bonds is 6. The number of amides is 1. The van der Waals surface area contributed by atoms with Crippen LogP contribution in [-0.4, -0.2) is 43.5 Å². The van der Waals surface area contributed by atoms with Crippen LogP contribution in [0.3, 0.4) is 0 Å². The van der Waals surface area contributed by atoms with Crippen LogP contribution in [0.4, 0.5) is 5.69 Å². The Morgan fingerprint density at radius 2 is 2.19 bits per heavy atom. The molecule has 1 atom stereocenters. The van der Waals surface area contributed by atoms with Crippen LogP contribution in [0.25, 0.3) is 0 Å². The number of benzene rings is 1. The average Bonchev–Trinajstić information content (AvgIpc) is 2.91. The molecule has 0 aliphatic carbocycles. The Morgan fingerprint density at radius 1 is 1.43 bits per heavy atom. The first-order valence-electron chi connectivity index (χ1n) is 7.87. The molecule has 2 N–H and O–H groups in total. The molecule has 1 saturated heterocycles. The van der Waals surface area contributed by atoms with Gasteiger partial charge in [0.25, 0.3) is 0 Å². The number of anilines is 1. The summed E-state index contributed by atoms with van der Waals surface area (Å²) in [6.07, 6.45) is 2.45. The van der Waals surface area contributed by atoms with Crippen LogP contribution in [0.1, 0.15) is 38.2 Å². The Hall–Kier alpha value is -1.39. The van der Waals surface area contributed by atoms with Gasteiger partial charge in [0.05, 0.1) is 6.54 Å². The maximum atomic E-state index is 12.2. The second kappa shape index (κ2) is 7.57. The predicted molar refractivity (Wildman–Crippen MR) is 87.7 cm³/mol. The molecular weight excluding hydrogens is 262 g/mol. The second-order valence-electron chi connectivity index (χ2n) is 6.28. The van der Waals surface area contributed by atoms with Crippen molar-refractivity contribution in [1.82, 2.24) is 10.2 Å². The molecule has 1 aromatic rings. The zero-order valence-electron chi connectivity index (χ0n) is 13.4. The van der Waals surface area contributed by atoms with E-state index in [-0.39, 0.29) is 5.91 Å². The summed E-state index contributed by atoms with van der Waals surface area (Å²) >= 11 is 0. The summed E-state index contributed by atoms with van der Waals surface area (Å²) in [6, 6.07) is 8.57. The maximum Gasteiger partial charge on any atom is 0.238 e. The van der Waals surface area contributed by atoms with Crippen LogP contribution in [0, 0.1) is 0 Å². The van der Waals surface area contributed by atoms with Crippen LogP contribution in [0.2, 0.25) is 0 Å². The highest BCUT2D eigenvalue weighted by Gasteiger charge is 2.17. The molecule has 0 radical (unpaired) electrons. The third-order valence-corrected chi connectivity index (χ3v) is 3.96. The Kier molecular flexibility index (Phi) is 5.76. The van der Waals surface area contributed by atoms with E-state index in [4.69, 9.17) is 0 Å². The van der Waals surface area contributed by atoms with Gasteiger partial charge in [0.15, 0.2) is 0 Å². The molecular formula is C17H27N3O. The number of carbonyl (C=O) groups is 1. The Bertz CT molecular complexity index is 467. The van der Waals surface area contributed by atoms with E-state index in [1.54, 1.807) is 0 Å². The number of para-hydroxylation sites is 1. The SMILES string of the molecule is CC(C)c1ccccc1NC(=O)CN(C)CC1CCCN1.